The highest BCUT2D eigenvalue weighted by Crippen LogP contribution is 2.25. The summed E-state index contributed by atoms with van der Waals surface area (Å²) in [6.45, 7) is 4.05. The first-order chi connectivity index (χ1) is 15.5. The zero-order valence-electron chi connectivity index (χ0n) is 18.5. The second kappa shape index (κ2) is 8.78. The highest BCUT2D eigenvalue weighted by atomic mass is 16.5. The van der Waals surface area contributed by atoms with E-state index < -0.39 is 6.04 Å². The molecule has 1 aromatic carbocycles. The van der Waals surface area contributed by atoms with Crippen LogP contribution in [0.2, 0.25) is 0 Å². The van der Waals surface area contributed by atoms with Crippen LogP contribution in [0.5, 0.6) is 11.5 Å². The van der Waals surface area contributed by atoms with Crippen molar-refractivity contribution in [2.75, 3.05) is 20.8 Å². The van der Waals surface area contributed by atoms with Gasteiger partial charge in [-0.1, -0.05) is 13.0 Å². The van der Waals surface area contributed by atoms with Crippen molar-refractivity contribution in [1.29, 1.82) is 0 Å². The van der Waals surface area contributed by atoms with Crippen molar-refractivity contribution >= 4 is 22.5 Å². The molecule has 9 heteroatoms. The first-order valence-corrected chi connectivity index (χ1v) is 10.4. The van der Waals surface area contributed by atoms with Gasteiger partial charge in [0.2, 0.25) is 5.91 Å². The number of carbonyl (C=O) groups is 1. The van der Waals surface area contributed by atoms with E-state index in [1.807, 2.05) is 19.1 Å². The van der Waals surface area contributed by atoms with Crippen molar-refractivity contribution in [2.45, 2.75) is 32.7 Å². The van der Waals surface area contributed by atoms with Gasteiger partial charge in [-0.3, -0.25) is 14.0 Å². The summed E-state index contributed by atoms with van der Waals surface area (Å²) >= 11 is 0. The molecule has 1 N–H and O–H groups in total. The van der Waals surface area contributed by atoms with Gasteiger partial charge in [-0.15, -0.1) is 0 Å². The SMILES string of the molecule is CC[C@H](C(=O)NCCc1ccc(OC)cc1OC)n1nc(C)n2c(cc3occc32)c1=O. The Hall–Kier alpha value is -3.75. The van der Waals surface area contributed by atoms with Crippen molar-refractivity contribution < 1.29 is 18.7 Å². The summed E-state index contributed by atoms with van der Waals surface area (Å²) < 4.78 is 19.1. The van der Waals surface area contributed by atoms with Gasteiger partial charge in [0.1, 0.15) is 28.9 Å². The molecule has 1 atom stereocenters. The number of carbonyl (C=O) groups excluding carboxylic acids is 1. The van der Waals surface area contributed by atoms with Gasteiger partial charge in [0, 0.05) is 24.7 Å². The first kappa shape index (κ1) is 21.5. The molecule has 0 aliphatic rings. The van der Waals surface area contributed by atoms with Crippen LogP contribution in [0.3, 0.4) is 0 Å². The van der Waals surface area contributed by atoms with Crippen LogP contribution < -0.4 is 20.3 Å². The lowest BCUT2D eigenvalue weighted by Crippen LogP contribution is -2.40. The number of nitrogens with one attached hydrogen (secondary N) is 1. The van der Waals surface area contributed by atoms with E-state index in [1.54, 1.807) is 50.0 Å². The Balaban J connectivity index is 1.54. The number of fused-ring (bicyclic) bond motifs is 3. The topological polar surface area (TPSA) is 100 Å². The third-order valence-electron chi connectivity index (χ3n) is 5.60. The lowest BCUT2D eigenvalue weighted by atomic mass is 10.1. The maximum Gasteiger partial charge on any atom is 0.291 e. The Labute approximate surface area is 184 Å². The van der Waals surface area contributed by atoms with Crippen molar-refractivity contribution in [3.05, 3.63) is 58.3 Å². The Morgan fingerprint density at radius 3 is 2.72 bits per heavy atom. The Morgan fingerprint density at radius 1 is 1.19 bits per heavy atom. The maximum absolute atomic E-state index is 13.1. The molecule has 0 unspecified atom stereocenters. The van der Waals surface area contributed by atoms with Gasteiger partial charge in [-0.2, -0.15) is 5.10 Å². The van der Waals surface area contributed by atoms with Gasteiger partial charge >= 0.3 is 0 Å². The van der Waals surface area contributed by atoms with E-state index in [1.165, 1.54) is 4.68 Å². The summed E-state index contributed by atoms with van der Waals surface area (Å²) in [5, 5.41) is 7.36. The largest absolute Gasteiger partial charge is 0.497 e. The summed E-state index contributed by atoms with van der Waals surface area (Å²) in [5.74, 6) is 1.75. The van der Waals surface area contributed by atoms with Gasteiger partial charge < -0.3 is 19.2 Å². The molecule has 0 saturated carbocycles. The minimum atomic E-state index is -0.717. The number of ether oxygens (including phenoxy) is 2. The Bertz CT molecular complexity index is 1330. The number of methoxy groups -OCH3 is 2. The molecule has 3 aromatic heterocycles. The van der Waals surface area contributed by atoms with E-state index in [0.29, 0.717) is 47.8 Å². The molecule has 1 amide bonds. The summed E-state index contributed by atoms with van der Waals surface area (Å²) in [4.78, 5) is 26.1. The Kier molecular flexibility index (Phi) is 5.89. The molecule has 0 saturated heterocycles. The normalized spacial score (nSPS) is 12.2. The lowest BCUT2D eigenvalue weighted by Gasteiger charge is -2.18. The second-order valence-corrected chi connectivity index (χ2v) is 7.47. The molecule has 0 spiro atoms. The van der Waals surface area contributed by atoms with Crippen LogP contribution in [-0.2, 0) is 11.2 Å². The smallest absolute Gasteiger partial charge is 0.291 e. The number of hydrogen-bond donors (Lipinski definition) is 1. The lowest BCUT2D eigenvalue weighted by molar-refractivity contribution is -0.124. The van der Waals surface area contributed by atoms with E-state index in [2.05, 4.69) is 10.4 Å². The van der Waals surface area contributed by atoms with Crippen molar-refractivity contribution in [3.63, 3.8) is 0 Å². The summed E-state index contributed by atoms with van der Waals surface area (Å²) in [5.41, 5.74) is 2.43. The number of benzene rings is 1. The minimum absolute atomic E-state index is 0.256. The second-order valence-electron chi connectivity index (χ2n) is 7.47. The first-order valence-electron chi connectivity index (χ1n) is 10.4. The van der Waals surface area contributed by atoms with Gasteiger partial charge in [0.15, 0.2) is 5.58 Å². The zero-order valence-corrected chi connectivity index (χ0v) is 18.5. The minimum Gasteiger partial charge on any atom is -0.497 e. The molecule has 9 nitrogen and oxygen atoms in total. The van der Waals surface area contributed by atoms with Crippen molar-refractivity contribution in [2.24, 2.45) is 0 Å². The van der Waals surface area contributed by atoms with Gasteiger partial charge in [-0.05, 0) is 31.4 Å². The van der Waals surface area contributed by atoms with E-state index in [0.717, 1.165) is 11.1 Å². The number of amides is 1. The predicted octanol–water partition coefficient (Wildman–Crippen LogP) is 2.88. The van der Waals surface area contributed by atoms with Crippen LogP contribution in [0, 0.1) is 6.92 Å². The average molecular weight is 438 g/mol. The highest BCUT2D eigenvalue weighted by Gasteiger charge is 2.24. The molecule has 0 aliphatic carbocycles. The molecule has 168 valence electrons. The fraction of sp³-hybridized carbons (Fsp3) is 0.348. The van der Waals surface area contributed by atoms with Crippen LogP contribution in [-0.4, -0.2) is 40.9 Å². The molecule has 32 heavy (non-hydrogen) atoms. The van der Waals surface area contributed by atoms with E-state index in [9.17, 15) is 9.59 Å². The molecule has 4 rings (SSSR count). The van der Waals surface area contributed by atoms with Crippen molar-refractivity contribution in [3.8, 4) is 11.5 Å². The average Bonchev–Trinajstić information content (AvgIpc) is 3.39. The van der Waals surface area contributed by atoms with Gasteiger partial charge in [0.25, 0.3) is 5.56 Å². The number of furan rings is 1. The standard InChI is InChI=1S/C23H26N4O5/c1-5-17(22(28)24-10-8-15-6-7-16(30-3)12-20(15)31-4)27-23(29)19-13-21-18(9-11-32-21)26(19)14(2)25-27/h6-7,9,11-13,17H,5,8,10H2,1-4H3,(H,24,28)/t17-/m1/s1. The van der Waals surface area contributed by atoms with Crippen LogP contribution in [0.1, 0.15) is 30.8 Å². The number of aryl methyl sites for hydroxylation is 1. The highest BCUT2D eigenvalue weighted by molar-refractivity contribution is 5.83. The molecule has 4 aromatic rings. The molecule has 3 heterocycles. The van der Waals surface area contributed by atoms with E-state index in [-0.39, 0.29) is 11.5 Å². The Morgan fingerprint density at radius 2 is 2.00 bits per heavy atom. The van der Waals surface area contributed by atoms with Crippen LogP contribution in [0.25, 0.3) is 16.6 Å². The van der Waals surface area contributed by atoms with Crippen LogP contribution >= 0.6 is 0 Å². The number of rotatable bonds is 8. The molecule has 0 aliphatic heterocycles. The molecular formula is C23H26N4O5. The molecule has 0 bridgehead atoms. The molecule has 0 fully saturated rings. The van der Waals surface area contributed by atoms with Gasteiger partial charge in [-0.25, -0.2) is 4.68 Å². The summed E-state index contributed by atoms with van der Waals surface area (Å²) in [6.07, 6.45) is 2.57. The van der Waals surface area contributed by atoms with Crippen LogP contribution in [0.4, 0.5) is 0 Å². The summed E-state index contributed by atoms with van der Waals surface area (Å²) in [7, 11) is 3.19. The monoisotopic (exact) mass is 438 g/mol. The van der Waals surface area contributed by atoms with E-state index >= 15 is 0 Å². The number of aromatic nitrogens is 3. The third-order valence-corrected chi connectivity index (χ3v) is 5.60. The number of nitrogens with zero attached hydrogens (tertiary/aromatic N) is 3. The van der Waals surface area contributed by atoms with Gasteiger partial charge in [0.05, 0.1) is 26.0 Å². The third kappa shape index (κ3) is 3.70. The molecular weight excluding hydrogens is 412 g/mol. The predicted molar refractivity (Wildman–Crippen MR) is 120 cm³/mol. The quantitative estimate of drug-likeness (QED) is 0.454. The summed E-state index contributed by atoms with van der Waals surface area (Å²) in [6, 6.07) is 8.32. The number of hydrogen-bond acceptors (Lipinski definition) is 6. The zero-order chi connectivity index (χ0) is 22.8. The fourth-order valence-corrected chi connectivity index (χ4v) is 3.97. The molecule has 0 radical (unpaired) electrons. The van der Waals surface area contributed by atoms with Crippen LogP contribution in [0.15, 0.2) is 45.8 Å². The maximum atomic E-state index is 13.1. The van der Waals surface area contributed by atoms with Crippen molar-refractivity contribution in [1.82, 2.24) is 19.5 Å². The fourth-order valence-electron chi connectivity index (χ4n) is 3.97. The van der Waals surface area contributed by atoms with E-state index in [4.69, 9.17) is 13.9 Å².